The van der Waals surface area contributed by atoms with Gasteiger partial charge in [-0.2, -0.15) is 0 Å². The van der Waals surface area contributed by atoms with Crippen LogP contribution in [0.3, 0.4) is 0 Å². The lowest BCUT2D eigenvalue weighted by atomic mass is 9.96. The number of carboxylic acid groups (broad SMARTS) is 1. The molecule has 3 unspecified atom stereocenters. The summed E-state index contributed by atoms with van der Waals surface area (Å²) in [5.41, 5.74) is 1.05. The molecule has 0 saturated carbocycles. The third-order valence-corrected chi connectivity index (χ3v) is 4.16. The molecule has 0 aliphatic carbocycles. The molecule has 1 aromatic rings. The van der Waals surface area contributed by atoms with E-state index in [4.69, 9.17) is 4.74 Å². The average Bonchev–Trinajstić information content (AvgIpc) is 3.00. The molecule has 2 fully saturated rings. The Balaban J connectivity index is 1.68. The SMILES string of the molecule is Cc1cccc(NC(=O)NC2CC3CCC2O3)c1C(=O)O. The van der Waals surface area contributed by atoms with Gasteiger partial charge in [-0.25, -0.2) is 9.59 Å². The molecule has 112 valence electrons. The molecule has 2 saturated heterocycles. The molecule has 2 aliphatic heterocycles. The van der Waals surface area contributed by atoms with Gasteiger partial charge < -0.3 is 20.5 Å². The standard InChI is InChI=1S/C15H18N2O4/c1-8-3-2-4-10(13(8)14(18)19)16-15(20)17-11-7-9-5-6-12(11)21-9/h2-4,9,11-12H,5-7H2,1H3,(H,18,19)(H2,16,17,20). The molecule has 0 radical (unpaired) electrons. The molecule has 0 spiro atoms. The zero-order valence-corrected chi connectivity index (χ0v) is 11.8. The van der Waals surface area contributed by atoms with Crippen molar-refractivity contribution in [3.63, 3.8) is 0 Å². The van der Waals surface area contributed by atoms with Crippen molar-refractivity contribution in [3.8, 4) is 0 Å². The lowest BCUT2D eigenvalue weighted by Gasteiger charge is -2.20. The van der Waals surface area contributed by atoms with Gasteiger partial charge in [-0.3, -0.25) is 0 Å². The van der Waals surface area contributed by atoms with Crippen LogP contribution in [0.25, 0.3) is 0 Å². The van der Waals surface area contributed by atoms with E-state index >= 15 is 0 Å². The first-order valence-corrected chi connectivity index (χ1v) is 7.10. The Bertz CT molecular complexity index is 587. The molecule has 1 aromatic carbocycles. The molecule has 6 heteroatoms. The van der Waals surface area contributed by atoms with Gasteiger partial charge in [0.25, 0.3) is 0 Å². The summed E-state index contributed by atoms with van der Waals surface area (Å²) in [6.45, 7) is 1.70. The Labute approximate surface area is 122 Å². The van der Waals surface area contributed by atoms with E-state index in [-0.39, 0.29) is 29.8 Å². The quantitative estimate of drug-likeness (QED) is 0.795. The fourth-order valence-corrected chi connectivity index (χ4v) is 3.17. The van der Waals surface area contributed by atoms with Crippen molar-refractivity contribution in [1.29, 1.82) is 0 Å². The van der Waals surface area contributed by atoms with Gasteiger partial charge in [0.05, 0.1) is 29.5 Å². The molecule has 3 N–H and O–H groups in total. The third-order valence-electron chi connectivity index (χ3n) is 4.16. The number of hydrogen-bond donors (Lipinski definition) is 3. The molecular weight excluding hydrogens is 272 g/mol. The zero-order chi connectivity index (χ0) is 15.0. The number of nitrogens with one attached hydrogen (secondary N) is 2. The van der Waals surface area contributed by atoms with E-state index in [9.17, 15) is 14.7 Å². The first-order valence-electron chi connectivity index (χ1n) is 7.10. The number of carboxylic acids is 1. The Hall–Kier alpha value is -2.08. The van der Waals surface area contributed by atoms with Crippen LogP contribution < -0.4 is 10.6 Å². The Morgan fingerprint density at radius 2 is 2.14 bits per heavy atom. The highest BCUT2D eigenvalue weighted by atomic mass is 16.5. The number of rotatable bonds is 3. The molecule has 21 heavy (non-hydrogen) atoms. The molecule has 2 aliphatic rings. The lowest BCUT2D eigenvalue weighted by molar-refractivity contribution is 0.0697. The topological polar surface area (TPSA) is 87.7 Å². The van der Waals surface area contributed by atoms with Crippen LogP contribution in [0.2, 0.25) is 0 Å². The minimum Gasteiger partial charge on any atom is -0.478 e. The van der Waals surface area contributed by atoms with E-state index in [1.165, 1.54) is 0 Å². The summed E-state index contributed by atoms with van der Waals surface area (Å²) in [4.78, 5) is 23.3. The van der Waals surface area contributed by atoms with Gasteiger partial charge in [0.15, 0.2) is 0 Å². The number of benzene rings is 1. The number of anilines is 1. The fraction of sp³-hybridized carbons (Fsp3) is 0.467. The highest BCUT2D eigenvalue weighted by Crippen LogP contribution is 2.34. The Morgan fingerprint density at radius 3 is 2.76 bits per heavy atom. The second-order valence-electron chi connectivity index (χ2n) is 5.62. The van der Waals surface area contributed by atoms with Gasteiger partial charge in [-0.05, 0) is 37.8 Å². The zero-order valence-electron chi connectivity index (χ0n) is 11.8. The number of urea groups is 1. The minimum atomic E-state index is -1.05. The first kappa shape index (κ1) is 13.9. The highest BCUT2D eigenvalue weighted by molar-refractivity contribution is 6.01. The molecule has 3 rings (SSSR count). The van der Waals surface area contributed by atoms with Crippen molar-refractivity contribution in [3.05, 3.63) is 29.3 Å². The van der Waals surface area contributed by atoms with Crippen LogP contribution in [0.1, 0.15) is 35.2 Å². The van der Waals surface area contributed by atoms with E-state index < -0.39 is 5.97 Å². The van der Waals surface area contributed by atoms with Crippen molar-refractivity contribution in [1.82, 2.24) is 5.32 Å². The van der Waals surface area contributed by atoms with Gasteiger partial charge in [0.1, 0.15) is 0 Å². The summed E-state index contributed by atoms with van der Waals surface area (Å²) < 4.78 is 5.68. The predicted octanol–water partition coefficient (Wildman–Crippen LogP) is 2.13. The fourth-order valence-electron chi connectivity index (χ4n) is 3.17. The van der Waals surface area contributed by atoms with Crippen LogP contribution in [0.4, 0.5) is 10.5 Å². The van der Waals surface area contributed by atoms with E-state index in [0.29, 0.717) is 11.3 Å². The number of hydrogen-bond acceptors (Lipinski definition) is 3. The summed E-state index contributed by atoms with van der Waals surface area (Å²) >= 11 is 0. The lowest BCUT2D eigenvalue weighted by Crippen LogP contribution is -2.43. The maximum Gasteiger partial charge on any atom is 0.338 e. The van der Waals surface area contributed by atoms with Crippen LogP contribution in [0.15, 0.2) is 18.2 Å². The maximum atomic E-state index is 12.1. The van der Waals surface area contributed by atoms with Gasteiger partial charge in [0.2, 0.25) is 0 Å². The number of carbonyl (C=O) groups excluding carboxylic acids is 1. The summed E-state index contributed by atoms with van der Waals surface area (Å²) in [5, 5.41) is 14.7. The molecule has 3 atom stereocenters. The highest BCUT2D eigenvalue weighted by Gasteiger charge is 2.41. The molecule has 0 aromatic heterocycles. The van der Waals surface area contributed by atoms with Crippen LogP contribution >= 0.6 is 0 Å². The van der Waals surface area contributed by atoms with Gasteiger partial charge in [-0.1, -0.05) is 12.1 Å². The van der Waals surface area contributed by atoms with Crippen LogP contribution in [0, 0.1) is 6.92 Å². The summed E-state index contributed by atoms with van der Waals surface area (Å²) in [6.07, 6.45) is 3.22. The second-order valence-corrected chi connectivity index (χ2v) is 5.62. The Morgan fingerprint density at radius 1 is 1.33 bits per heavy atom. The van der Waals surface area contributed by atoms with Crippen molar-refractivity contribution >= 4 is 17.7 Å². The average molecular weight is 290 g/mol. The number of ether oxygens (including phenoxy) is 1. The number of carbonyl (C=O) groups is 2. The van der Waals surface area contributed by atoms with Crippen molar-refractivity contribution < 1.29 is 19.4 Å². The third kappa shape index (κ3) is 2.71. The van der Waals surface area contributed by atoms with Crippen molar-refractivity contribution in [2.75, 3.05) is 5.32 Å². The normalized spacial score (nSPS) is 26.6. The smallest absolute Gasteiger partial charge is 0.338 e. The van der Waals surface area contributed by atoms with Crippen molar-refractivity contribution in [2.45, 2.75) is 44.4 Å². The first-order chi connectivity index (χ1) is 10.0. The van der Waals surface area contributed by atoms with Crippen LogP contribution in [0.5, 0.6) is 0 Å². The van der Waals surface area contributed by atoms with E-state index in [0.717, 1.165) is 19.3 Å². The van der Waals surface area contributed by atoms with E-state index in [1.54, 1.807) is 25.1 Å². The second kappa shape index (κ2) is 5.37. The van der Waals surface area contributed by atoms with Crippen molar-refractivity contribution in [2.24, 2.45) is 0 Å². The number of fused-ring (bicyclic) bond motifs is 2. The van der Waals surface area contributed by atoms with Gasteiger partial charge >= 0.3 is 12.0 Å². The number of aromatic carboxylic acids is 1. The number of aryl methyl sites for hydroxylation is 1. The van der Waals surface area contributed by atoms with Crippen LogP contribution in [-0.4, -0.2) is 35.4 Å². The van der Waals surface area contributed by atoms with Gasteiger partial charge in [-0.15, -0.1) is 0 Å². The molecular formula is C15H18N2O4. The summed E-state index contributed by atoms with van der Waals surface area (Å²) in [6, 6.07) is 4.65. The largest absolute Gasteiger partial charge is 0.478 e. The molecule has 2 amide bonds. The minimum absolute atomic E-state index is 0.0156. The maximum absolute atomic E-state index is 12.1. The molecule has 6 nitrogen and oxygen atoms in total. The van der Waals surface area contributed by atoms with E-state index in [2.05, 4.69) is 10.6 Å². The molecule has 2 heterocycles. The molecule has 2 bridgehead atoms. The predicted molar refractivity (Wildman–Crippen MR) is 76.6 cm³/mol. The monoisotopic (exact) mass is 290 g/mol. The summed E-state index contributed by atoms with van der Waals surface area (Å²) in [7, 11) is 0. The number of amides is 2. The van der Waals surface area contributed by atoms with Gasteiger partial charge in [0, 0.05) is 0 Å². The summed E-state index contributed by atoms with van der Waals surface area (Å²) in [5.74, 6) is -1.05. The van der Waals surface area contributed by atoms with E-state index in [1.807, 2.05) is 0 Å². The Kier molecular flexibility index (Phi) is 3.55. The van der Waals surface area contributed by atoms with Crippen LogP contribution in [-0.2, 0) is 4.74 Å².